The molecule has 88 valence electrons. The van der Waals surface area contributed by atoms with Gasteiger partial charge in [0.05, 0.1) is 12.8 Å². The number of anilines is 1. The largest absolute Gasteiger partial charge is 0.495 e. The maximum atomic E-state index is 5.98. The highest BCUT2D eigenvalue weighted by Gasteiger charge is 2.23. The smallest absolute Gasteiger partial charge is 0.142 e. The van der Waals surface area contributed by atoms with Crippen LogP contribution in [0.25, 0.3) is 0 Å². The number of benzene rings is 1. The normalized spacial score (nSPS) is 16.9. The van der Waals surface area contributed by atoms with E-state index in [1.54, 1.807) is 7.11 Å². The summed E-state index contributed by atoms with van der Waals surface area (Å²) >= 11 is 5.98. The molecular formula is C13H18ClNO. The summed E-state index contributed by atoms with van der Waals surface area (Å²) in [5, 5.41) is 4.20. The first-order valence-corrected chi connectivity index (χ1v) is 6.17. The number of hydrogen-bond donors (Lipinski definition) is 1. The molecular weight excluding hydrogens is 222 g/mol. The third kappa shape index (κ3) is 3.05. The number of ether oxygens (including phenoxy) is 1. The average molecular weight is 240 g/mol. The molecule has 0 aliphatic heterocycles. The van der Waals surface area contributed by atoms with Crippen LogP contribution in [0.1, 0.15) is 26.2 Å². The van der Waals surface area contributed by atoms with Gasteiger partial charge in [-0.3, -0.25) is 0 Å². The van der Waals surface area contributed by atoms with E-state index in [1.165, 1.54) is 19.3 Å². The summed E-state index contributed by atoms with van der Waals surface area (Å²) in [6.45, 7) is 2.21. The highest BCUT2D eigenvalue weighted by molar-refractivity contribution is 6.30. The van der Waals surface area contributed by atoms with E-state index >= 15 is 0 Å². The molecule has 1 saturated carbocycles. The van der Waals surface area contributed by atoms with Crippen LogP contribution in [0, 0.1) is 5.92 Å². The molecule has 0 amide bonds. The van der Waals surface area contributed by atoms with E-state index in [-0.39, 0.29) is 0 Å². The van der Waals surface area contributed by atoms with E-state index in [9.17, 15) is 0 Å². The van der Waals surface area contributed by atoms with E-state index in [4.69, 9.17) is 16.3 Å². The van der Waals surface area contributed by atoms with Crippen LogP contribution in [0.15, 0.2) is 18.2 Å². The van der Waals surface area contributed by atoms with Gasteiger partial charge in [-0.25, -0.2) is 0 Å². The summed E-state index contributed by atoms with van der Waals surface area (Å²) in [7, 11) is 1.68. The maximum Gasteiger partial charge on any atom is 0.142 e. The molecule has 1 fully saturated rings. The fourth-order valence-corrected chi connectivity index (χ4v) is 2.14. The van der Waals surface area contributed by atoms with Crippen LogP contribution in [0.3, 0.4) is 0 Å². The number of hydrogen-bond acceptors (Lipinski definition) is 2. The molecule has 0 spiro atoms. The maximum absolute atomic E-state index is 5.98. The van der Waals surface area contributed by atoms with E-state index in [0.717, 1.165) is 22.4 Å². The van der Waals surface area contributed by atoms with Gasteiger partial charge in [0.2, 0.25) is 0 Å². The van der Waals surface area contributed by atoms with Crippen molar-refractivity contribution in [2.24, 2.45) is 5.92 Å². The highest BCUT2D eigenvalue weighted by Crippen LogP contribution is 2.35. The Morgan fingerprint density at radius 2 is 2.25 bits per heavy atom. The number of halogens is 1. The SMILES string of the molecule is COc1ccc(Cl)cc1NC(C)CC1CC1. The Morgan fingerprint density at radius 3 is 2.88 bits per heavy atom. The predicted octanol–water partition coefficient (Wildman–Crippen LogP) is 3.95. The van der Waals surface area contributed by atoms with Gasteiger partial charge >= 0.3 is 0 Å². The summed E-state index contributed by atoms with van der Waals surface area (Å²) in [5.41, 5.74) is 0.989. The first kappa shape index (κ1) is 11.6. The molecule has 1 aromatic carbocycles. The quantitative estimate of drug-likeness (QED) is 0.840. The summed E-state index contributed by atoms with van der Waals surface area (Å²) in [6.07, 6.45) is 4.01. The van der Waals surface area contributed by atoms with Gasteiger partial charge in [-0.15, -0.1) is 0 Å². The summed E-state index contributed by atoms with van der Waals surface area (Å²) in [4.78, 5) is 0. The molecule has 0 aromatic heterocycles. The van der Waals surface area contributed by atoms with Crippen molar-refractivity contribution < 1.29 is 4.74 Å². The van der Waals surface area contributed by atoms with Gasteiger partial charge in [0, 0.05) is 11.1 Å². The van der Waals surface area contributed by atoms with Crippen LogP contribution in [0.4, 0.5) is 5.69 Å². The van der Waals surface area contributed by atoms with Crippen molar-refractivity contribution in [3.8, 4) is 5.75 Å². The molecule has 0 saturated heterocycles. The Bertz CT molecular complexity index is 363. The highest BCUT2D eigenvalue weighted by atomic mass is 35.5. The molecule has 2 nitrogen and oxygen atoms in total. The summed E-state index contributed by atoms with van der Waals surface area (Å²) < 4.78 is 5.30. The van der Waals surface area contributed by atoms with Crippen molar-refractivity contribution in [1.29, 1.82) is 0 Å². The Morgan fingerprint density at radius 1 is 1.50 bits per heavy atom. The fourth-order valence-electron chi connectivity index (χ4n) is 1.97. The van der Waals surface area contributed by atoms with E-state index in [1.807, 2.05) is 18.2 Å². The molecule has 3 heteroatoms. The summed E-state index contributed by atoms with van der Waals surface area (Å²) in [5.74, 6) is 1.78. The van der Waals surface area contributed by atoms with Gasteiger partial charge < -0.3 is 10.1 Å². The minimum atomic E-state index is 0.472. The van der Waals surface area contributed by atoms with Gasteiger partial charge in [-0.05, 0) is 37.5 Å². The first-order chi connectivity index (χ1) is 7.69. The Balaban J connectivity index is 2.02. The topological polar surface area (TPSA) is 21.3 Å². The lowest BCUT2D eigenvalue weighted by atomic mass is 10.1. The van der Waals surface area contributed by atoms with Crippen LogP contribution in [0.2, 0.25) is 5.02 Å². The molecule has 1 N–H and O–H groups in total. The van der Waals surface area contributed by atoms with E-state index < -0.39 is 0 Å². The molecule has 1 unspecified atom stereocenters. The molecule has 0 bridgehead atoms. The molecule has 2 rings (SSSR count). The molecule has 16 heavy (non-hydrogen) atoms. The van der Waals surface area contributed by atoms with Crippen molar-refractivity contribution in [3.63, 3.8) is 0 Å². The van der Waals surface area contributed by atoms with Crippen LogP contribution in [-0.4, -0.2) is 13.2 Å². The van der Waals surface area contributed by atoms with Crippen molar-refractivity contribution in [2.45, 2.75) is 32.2 Å². The van der Waals surface area contributed by atoms with Gasteiger partial charge in [0.25, 0.3) is 0 Å². The second-order valence-corrected chi connectivity index (χ2v) is 5.01. The Hall–Kier alpha value is -0.890. The van der Waals surface area contributed by atoms with Gasteiger partial charge in [-0.1, -0.05) is 24.4 Å². The van der Waals surface area contributed by atoms with Crippen LogP contribution in [0.5, 0.6) is 5.75 Å². The lowest BCUT2D eigenvalue weighted by Gasteiger charge is -2.17. The second-order valence-electron chi connectivity index (χ2n) is 4.57. The molecule has 0 heterocycles. The van der Waals surface area contributed by atoms with Crippen LogP contribution < -0.4 is 10.1 Å². The zero-order valence-electron chi connectivity index (χ0n) is 9.79. The summed E-state index contributed by atoms with van der Waals surface area (Å²) in [6, 6.07) is 6.13. The van der Waals surface area contributed by atoms with Gasteiger partial charge in [0.15, 0.2) is 0 Å². The molecule has 1 aliphatic rings. The minimum Gasteiger partial charge on any atom is -0.495 e. The minimum absolute atomic E-state index is 0.472. The van der Waals surface area contributed by atoms with Crippen molar-refractivity contribution >= 4 is 17.3 Å². The molecule has 1 aromatic rings. The van der Waals surface area contributed by atoms with Crippen LogP contribution >= 0.6 is 11.6 Å². The Labute approximate surface area is 102 Å². The van der Waals surface area contributed by atoms with Crippen molar-refractivity contribution in [1.82, 2.24) is 0 Å². The van der Waals surface area contributed by atoms with Gasteiger partial charge in [0.1, 0.15) is 5.75 Å². The zero-order chi connectivity index (χ0) is 11.5. The predicted molar refractivity (Wildman–Crippen MR) is 68.4 cm³/mol. The lowest BCUT2D eigenvalue weighted by molar-refractivity contribution is 0.415. The molecule has 0 radical (unpaired) electrons. The molecule has 1 aliphatic carbocycles. The fraction of sp³-hybridized carbons (Fsp3) is 0.538. The molecule has 1 atom stereocenters. The lowest BCUT2D eigenvalue weighted by Crippen LogP contribution is -2.16. The van der Waals surface area contributed by atoms with Gasteiger partial charge in [-0.2, -0.15) is 0 Å². The van der Waals surface area contributed by atoms with E-state index in [2.05, 4.69) is 12.2 Å². The zero-order valence-corrected chi connectivity index (χ0v) is 10.6. The first-order valence-electron chi connectivity index (χ1n) is 5.79. The third-order valence-corrected chi connectivity index (χ3v) is 3.18. The third-order valence-electron chi connectivity index (χ3n) is 2.95. The number of nitrogens with one attached hydrogen (secondary N) is 1. The van der Waals surface area contributed by atoms with Crippen molar-refractivity contribution in [2.75, 3.05) is 12.4 Å². The van der Waals surface area contributed by atoms with Crippen molar-refractivity contribution in [3.05, 3.63) is 23.2 Å². The average Bonchev–Trinajstić information content (AvgIpc) is 3.02. The Kier molecular flexibility index (Phi) is 3.59. The monoisotopic (exact) mass is 239 g/mol. The van der Waals surface area contributed by atoms with Crippen LogP contribution in [-0.2, 0) is 0 Å². The standard InChI is InChI=1S/C13H18ClNO/c1-9(7-10-3-4-10)15-12-8-11(14)5-6-13(12)16-2/h5-6,8-10,15H,3-4,7H2,1-2H3. The van der Waals surface area contributed by atoms with E-state index in [0.29, 0.717) is 6.04 Å². The number of methoxy groups -OCH3 is 1. The number of rotatable bonds is 5. The second kappa shape index (κ2) is 4.96.